The zero-order valence-electron chi connectivity index (χ0n) is 11.9. The van der Waals surface area contributed by atoms with Gasteiger partial charge in [0, 0.05) is 6.54 Å². The van der Waals surface area contributed by atoms with Crippen LogP contribution in [0.5, 0.6) is 0 Å². The maximum Gasteiger partial charge on any atom is 0.292 e. The van der Waals surface area contributed by atoms with Crippen molar-refractivity contribution in [3.05, 3.63) is 47.1 Å². The number of hydrogen-bond acceptors (Lipinski definition) is 5. The smallest absolute Gasteiger partial charge is 0.292 e. The number of nitrogens with zero attached hydrogens (tertiary/aromatic N) is 2. The second-order valence-corrected chi connectivity index (χ2v) is 5.28. The summed E-state index contributed by atoms with van der Waals surface area (Å²) in [7, 11) is 0. The van der Waals surface area contributed by atoms with Crippen LogP contribution < -0.4 is 10.6 Å². The van der Waals surface area contributed by atoms with Crippen molar-refractivity contribution in [3.8, 4) is 0 Å². The quantitative estimate of drug-likeness (QED) is 0.894. The topological polar surface area (TPSA) is 80.0 Å². The molecular formula is C15H18N4O2. The van der Waals surface area contributed by atoms with Gasteiger partial charge < -0.3 is 15.2 Å². The Kier molecular flexibility index (Phi) is 3.96. The van der Waals surface area contributed by atoms with E-state index in [4.69, 9.17) is 4.52 Å². The van der Waals surface area contributed by atoms with E-state index >= 15 is 0 Å². The van der Waals surface area contributed by atoms with Gasteiger partial charge in [0.15, 0.2) is 0 Å². The first kappa shape index (κ1) is 13.8. The van der Waals surface area contributed by atoms with Crippen LogP contribution in [0.3, 0.4) is 0 Å². The summed E-state index contributed by atoms with van der Waals surface area (Å²) in [4.78, 5) is 16.2. The fourth-order valence-corrected chi connectivity index (χ4v) is 2.45. The molecule has 1 atom stereocenters. The third-order valence-corrected chi connectivity index (χ3v) is 3.54. The van der Waals surface area contributed by atoms with E-state index in [1.807, 2.05) is 31.2 Å². The van der Waals surface area contributed by atoms with E-state index in [0.29, 0.717) is 12.4 Å². The summed E-state index contributed by atoms with van der Waals surface area (Å²) >= 11 is 0. The monoisotopic (exact) mass is 286 g/mol. The first-order valence-corrected chi connectivity index (χ1v) is 7.13. The van der Waals surface area contributed by atoms with Crippen molar-refractivity contribution in [2.24, 2.45) is 0 Å². The normalized spacial score (nSPS) is 17.9. The van der Waals surface area contributed by atoms with Crippen molar-refractivity contribution < 1.29 is 9.32 Å². The van der Waals surface area contributed by atoms with Crippen LogP contribution >= 0.6 is 0 Å². The predicted molar refractivity (Wildman–Crippen MR) is 76.6 cm³/mol. The lowest BCUT2D eigenvalue weighted by Crippen LogP contribution is -2.24. The summed E-state index contributed by atoms with van der Waals surface area (Å²) in [5.74, 6) is 0.268. The van der Waals surface area contributed by atoms with E-state index in [2.05, 4.69) is 20.8 Å². The molecule has 2 heterocycles. The van der Waals surface area contributed by atoms with Gasteiger partial charge >= 0.3 is 0 Å². The van der Waals surface area contributed by atoms with Crippen molar-refractivity contribution in [3.63, 3.8) is 0 Å². The van der Waals surface area contributed by atoms with Gasteiger partial charge in [0.05, 0.1) is 6.04 Å². The summed E-state index contributed by atoms with van der Waals surface area (Å²) < 4.78 is 5.16. The number of benzene rings is 1. The Balaban J connectivity index is 1.60. The Labute approximate surface area is 122 Å². The molecule has 2 aromatic rings. The SMILES string of the molecule is Cc1cccc(CNC(=O)c2noc(C3CCCN3)n2)c1. The van der Waals surface area contributed by atoms with Gasteiger partial charge in [0.1, 0.15) is 0 Å². The lowest BCUT2D eigenvalue weighted by atomic mass is 10.1. The highest BCUT2D eigenvalue weighted by Crippen LogP contribution is 2.20. The van der Waals surface area contributed by atoms with Crippen LogP contribution in [0.15, 0.2) is 28.8 Å². The minimum atomic E-state index is -0.315. The summed E-state index contributed by atoms with van der Waals surface area (Å²) in [6.45, 7) is 3.42. The first-order valence-electron chi connectivity index (χ1n) is 7.13. The average molecular weight is 286 g/mol. The van der Waals surface area contributed by atoms with Gasteiger partial charge in [-0.2, -0.15) is 4.98 Å². The Morgan fingerprint density at radius 1 is 1.52 bits per heavy atom. The molecule has 0 radical (unpaired) electrons. The molecule has 1 aromatic carbocycles. The van der Waals surface area contributed by atoms with E-state index < -0.39 is 0 Å². The molecule has 0 saturated carbocycles. The van der Waals surface area contributed by atoms with Crippen LogP contribution in [-0.2, 0) is 6.54 Å². The van der Waals surface area contributed by atoms with Gasteiger partial charge in [0.2, 0.25) is 5.89 Å². The van der Waals surface area contributed by atoms with Crippen LogP contribution in [0, 0.1) is 6.92 Å². The maximum absolute atomic E-state index is 12.0. The Morgan fingerprint density at radius 2 is 2.43 bits per heavy atom. The molecular weight excluding hydrogens is 268 g/mol. The number of amides is 1. The van der Waals surface area contributed by atoms with Crippen LogP contribution in [0.25, 0.3) is 0 Å². The zero-order chi connectivity index (χ0) is 14.7. The van der Waals surface area contributed by atoms with Crippen molar-refractivity contribution in [1.29, 1.82) is 0 Å². The lowest BCUT2D eigenvalue weighted by Gasteiger charge is -2.03. The molecule has 1 fully saturated rings. The summed E-state index contributed by atoms with van der Waals surface area (Å²) in [5.41, 5.74) is 2.21. The zero-order valence-corrected chi connectivity index (χ0v) is 11.9. The first-order chi connectivity index (χ1) is 10.2. The second-order valence-electron chi connectivity index (χ2n) is 5.28. The Bertz CT molecular complexity index is 632. The third-order valence-electron chi connectivity index (χ3n) is 3.54. The van der Waals surface area contributed by atoms with Crippen molar-refractivity contribution >= 4 is 5.91 Å². The number of nitrogens with one attached hydrogen (secondary N) is 2. The van der Waals surface area contributed by atoms with Crippen LogP contribution in [0.4, 0.5) is 0 Å². The van der Waals surface area contributed by atoms with Gasteiger partial charge in [-0.3, -0.25) is 4.79 Å². The molecule has 1 saturated heterocycles. The average Bonchev–Trinajstić information content (AvgIpc) is 3.15. The van der Waals surface area contributed by atoms with Gasteiger partial charge in [-0.15, -0.1) is 0 Å². The Hall–Kier alpha value is -2.21. The van der Waals surface area contributed by atoms with Crippen molar-refractivity contribution in [1.82, 2.24) is 20.8 Å². The second kappa shape index (κ2) is 6.05. The molecule has 6 nitrogen and oxygen atoms in total. The predicted octanol–water partition coefficient (Wildman–Crippen LogP) is 1.73. The molecule has 2 N–H and O–H groups in total. The summed E-state index contributed by atoms with van der Waals surface area (Å²) in [6, 6.07) is 8.07. The van der Waals surface area contributed by atoms with Crippen LogP contribution in [0.2, 0.25) is 0 Å². The number of aromatic nitrogens is 2. The molecule has 0 bridgehead atoms. The van der Waals surface area contributed by atoms with Gasteiger partial charge in [-0.05, 0) is 31.9 Å². The fourth-order valence-electron chi connectivity index (χ4n) is 2.45. The molecule has 1 unspecified atom stereocenters. The summed E-state index contributed by atoms with van der Waals surface area (Å²) in [6.07, 6.45) is 2.05. The molecule has 6 heteroatoms. The van der Waals surface area contributed by atoms with Gasteiger partial charge in [0.25, 0.3) is 11.7 Å². The van der Waals surface area contributed by atoms with Gasteiger partial charge in [-0.25, -0.2) is 0 Å². The number of carbonyl (C=O) groups excluding carboxylic acids is 1. The number of rotatable bonds is 4. The molecule has 1 amide bonds. The number of hydrogen-bond donors (Lipinski definition) is 2. The molecule has 110 valence electrons. The van der Waals surface area contributed by atoms with Crippen LogP contribution in [-0.4, -0.2) is 22.6 Å². The minimum absolute atomic E-state index is 0.0795. The maximum atomic E-state index is 12.0. The fraction of sp³-hybridized carbons (Fsp3) is 0.400. The standard InChI is InChI=1S/C15H18N4O2/c1-10-4-2-5-11(8-10)9-17-14(20)13-18-15(21-19-13)12-6-3-7-16-12/h2,4-5,8,12,16H,3,6-7,9H2,1H3,(H,17,20). The van der Waals surface area contributed by atoms with E-state index in [1.165, 1.54) is 0 Å². The van der Waals surface area contributed by atoms with E-state index in [-0.39, 0.29) is 17.8 Å². The van der Waals surface area contributed by atoms with E-state index in [1.54, 1.807) is 0 Å². The van der Waals surface area contributed by atoms with E-state index in [9.17, 15) is 4.79 Å². The molecule has 3 rings (SSSR count). The highest BCUT2D eigenvalue weighted by Gasteiger charge is 2.24. The molecule has 21 heavy (non-hydrogen) atoms. The van der Waals surface area contributed by atoms with E-state index in [0.717, 1.165) is 30.5 Å². The van der Waals surface area contributed by atoms with Crippen molar-refractivity contribution in [2.45, 2.75) is 32.4 Å². The highest BCUT2D eigenvalue weighted by molar-refractivity contribution is 5.90. The molecule has 1 aliphatic rings. The van der Waals surface area contributed by atoms with Crippen LogP contribution in [0.1, 0.15) is 46.5 Å². The van der Waals surface area contributed by atoms with Crippen molar-refractivity contribution in [2.75, 3.05) is 6.54 Å². The molecule has 0 spiro atoms. The highest BCUT2D eigenvalue weighted by atomic mass is 16.5. The third kappa shape index (κ3) is 3.28. The Morgan fingerprint density at radius 3 is 3.19 bits per heavy atom. The molecule has 0 aliphatic carbocycles. The largest absolute Gasteiger partial charge is 0.345 e. The molecule has 1 aliphatic heterocycles. The minimum Gasteiger partial charge on any atom is -0.345 e. The number of aryl methyl sites for hydroxylation is 1. The van der Waals surface area contributed by atoms with Gasteiger partial charge in [-0.1, -0.05) is 35.0 Å². The summed E-state index contributed by atoms with van der Waals surface area (Å²) in [5, 5.41) is 9.82. The number of carbonyl (C=O) groups is 1. The lowest BCUT2D eigenvalue weighted by molar-refractivity contribution is 0.0937. The molecule has 1 aromatic heterocycles.